The summed E-state index contributed by atoms with van der Waals surface area (Å²) in [6, 6.07) is 3.19. The van der Waals surface area contributed by atoms with Crippen LogP contribution in [-0.2, 0) is 4.79 Å². The van der Waals surface area contributed by atoms with Crippen molar-refractivity contribution in [3.05, 3.63) is 22.4 Å². The van der Waals surface area contributed by atoms with Crippen molar-refractivity contribution in [3.8, 4) is 0 Å². The van der Waals surface area contributed by atoms with Gasteiger partial charge in [-0.3, -0.25) is 4.79 Å². The highest BCUT2D eigenvalue weighted by Gasteiger charge is 2.27. The maximum Gasteiger partial charge on any atom is 0.312 e. The van der Waals surface area contributed by atoms with Gasteiger partial charge in [0, 0.05) is 17.5 Å². The largest absolute Gasteiger partial charge is 0.352 e. The lowest BCUT2D eigenvalue weighted by atomic mass is 10.0. The zero-order valence-electron chi connectivity index (χ0n) is 14.0. The summed E-state index contributed by atoms with van der Waals surface area (Å²) in [6.45, 7) is 4.75. The quantitative estimate of drug-likeness (QED) is 0.684. The molecule has 2 rings (SSSR count). The monoisotopic (exact) mass is 374 g/mol. The van der Waals surface area contributed by atoms with Crippen LogP contribution in [0.2, 0.25) is 0 Å². The number of rotatable bonds is 7. The number of thiophene rings is 1. The van der Waals surface area contributed by atoms with Gasteiger partial charge >= 0.3 is 6.03 Å². The van der Waals surface area contributed by atoms with Crippen LogP contribution < -0.4 is 16.4 Å². The Morgan fingerprint density at radius 2 is 2.17 bits per heavy atom. The third kappa shape index (κ3) is 5.96. The van der Waals surface area contributed by atoms with Crippen LogP contribution in [0.5, 0.6) is 0 Å². The molecule has 1 aliphatic rings. The van der Waals surface area contributed by atoms with E-state index < -0.39 is 6.03 Å². The zero-order valence-corrected chi connectivity index (χ0v) is 15.6. The molecular formula is C16H27ClN4O2S. The van der Waals surface area contributed by atoms with Crippen LogP contribution in [0.25, 0.3) is 0 Å². The standard InChI is InChI=1S/C16H26N4O2S.ClH/c1-2-9-20(12-5-7-18-8-6-12)15(21)11-13(19-16(17)22)14-4-3-10-23-14;/h3-4,10,12-13,18H,2,5-9,11H2,1H3,(H3,17,19,22);1H. The summed E-state index contributed by atoms with van der Waals surface area (Å²) in [4.78, 5) is 27.1. The summed E-state index contributed by atoms with van der Waals surface area (Å²) in [7, 11) is 0. The Balaban J connectivity index is 0.00000288. The molecule has 6 nitrogen and oxygen atoms in total. The van der Waals surface area contributed by atoms with Crippen molar-refractivity contribution in [2.75, 3.05) is 19.6 Å². The van der Waals surface area contributed by atoms with Gasteiger partial charge in [-0.25, -0.2) is 4.79 Å². The second kappa shape index (κ2) is 10.5. The molecule has 3 amide bonds. The van der Waals surface area contributed by atoms with Crippen LogP contribution in [0.4, 0.5) is 4.79 Å². The van der Waals surface area contributed by atoms with E-state index in [0.717, 1.165) is 43.8 Å². The maximum absolute atomic E-state index is 12.8. The number of carbonyl (C=O) groups excluding carboxylic acids is 2. The van der Waals surface area contributed by atoms with Gasteiger partial charge in [0.2, 0.25) is 5.91 Å². The first-order valence-electron chi connectivity index (χ1n) is 8.21. The normalized spacial score (nSPS) is 16.0. The predicted molar refractivity (Wildman–Crippen MR) is 99.5 cm³/mol. The number of amides is 3. The van der Waals surface area contributed by atoms with Crippen LogP contribution in [0, 0.1) is 0 Å². The smallest absolute Gasteiger partial charge is 0.312 e. The first kappa shape index (κ1) is 20.7. The molecule has 0 saturated carbocycles. The Morgan fingerprint density at radius 1 is 1.46 bits per heavy atom. The van der Waals surface area contributed by atoms with Gasteiger partial charge in [0.1, 0.15) is 0 Å². The van der Waals surface area contributed by atoms with E-state index in [0.29, 0.717) is 6.04 Å². The third-order valence-corrected chi connectivity index (χ3v) is 5.10. The fourth-order valence-corrected chi connectivity index (χ4v) is 3.82. The van der Waals surface area contributed by atoms with E-state index in [2.05, 4.69) is 17.6 Å². The van der Waals surface area contributed by atoms with Crippen molar-refractivity contribution >= 4 is 35.7 Å². The second-order valence-electron chi connectivity index (χ2n) is 5.85. The first-order valence-corrected chi connectivity index (χ1v) is 9.09. The van der Waals surface area contributed by atoms with Gasteiger partial charge in [-0.05, 0) is 43.8 Å². The lowest BCUT2D eigenvalue weighted by molar-refractivity contribution is -0.134. The number of halogens is 1. The number of urea groups is 1. The molecule has 0 radical (unpaired) electrons. The van der Waals surface area contributed by atoms with E-state index in [4.69, 9.17) is 5.73 Å². The SMILES string of the molecule is CCCN(C(=O)CC(NC(N)=O)c1cccs1)C1CCNCC1.Cl. The lowest BCUT2D eigenvalue weighted by Crippen LogP contribution is -2.47. The van der Waals surface area contributed by atoms with Gasteiger partial charge in [0.25, 0.3) is 0 Å². The molecule has 24 heavy (non-hydrogen) atoms. The minimum absolute atomic E-state index is 0. The van der Waals surface area contributed by atoms with Gasteiger partial charge in [-0.1, -0.05) is 13.0 Å². The van der Waals surface area contributed by atoms with E-state index in [1.165, 1.54) is 11.3 Å². The molecule has 1 atom stereocenters. The zero-order chi connectivity index (χ0) is 16.7. The van der Waals surface area contributed by atoms with Crippen LogP contribution in [0.15, 0.2) is 17.5 Å². The van der Waals surface area contributed by atoms with E-state index >= 15 is 0 Å². The number of nitrogens with one attached hydrogen (secondary N) is 2. The highest BCUT2D eigenvalue weighted by Crippen LogP contribution is 2.24. The number of hydrogen-bond acceptors (Lipinski definition) is 4. The van der Waals surface area contributed by atoms with E-state index in [1.807, 2.05) is 22.4 Å². The molecule has 1 saturated heterocycles. The molecule has 4 N–H and O–H groups in total. The topological polar surface area (TPSA) is 87.5 Å². The number of carbonyl (C=O) groups is 2. The molecule has 0 spiro atoms. The summed E-state index contributed by atoms with van der Waals surface area (Å²) < 4.78 is 0. The molecule has 136 valence electrons. The summed E-state index contributed by atoms with van der Waals surface area (Å²) in [5.41, 5.74) is 5.27. The van der Waals surface area contributed by atoms with Crippen LogP contribution >= 0.6 is 23.7 Å². The molecule has 0 bridgehead atoms. The number of primary amides is 1. The van der Waals surface area contributed by atoms with Crippen molar-refractivity contribution in [1.82, 2.24) is 15.5 Å². The summed E-state index contributed by atoms with van der Waals surface area (Å²) in [5, 5.41) is 7.97. The number of nitrogens with two attached hydrogens (primary N) is 1. The van der Waals surface area contributed by atoms with Crippen LogP contribution in [0.3, 0.4) is 0 Å². The highest BCUT2D eigenvalue weighted by atomic mass is 35.5. The minimum atomic E-state index is -0.597. The van der Waals surface area contributed by atoms with E-state index in [9.17, 15) is 9.59 Å². The number of hydrogen-bond donors (Lipinski definition) is 3. The number of nitrogens with zero attached hydrogens (tertiary/aromatic N) is 1. The molecule has 1 fully saturated rings. The lowest BCUT2D eigenvalue weighted by Gasteiger charge is -2.35. The Hall–Kier alpha value is -1.31. The Labute approximate surface area is 153 Å². The van der Waals surface area contributed by atoms with Crippen molar-refractivity contribution in [3.63, 3.8) is 0 Å². The fraction of sp³-hybridized carbons (Fsp3) is 0.625. The summed E-state index contributed by atoms with van der Waals surface area (Å²) >= 11 is 1.52. The minimum Gasteiger partial charge on any atom is -0.352 e. The Morgan fingerprint density at radius 3 is 2.71 bits per heavy atom. The van der Waals surface area contributed by atoms with Crippen molar-refractivity contribution in [2.45, 2.75) is 44.7 Å². The maximum atomic E-state index is 12.8. The van der Waals surface area contributed by atoms with Gasteiger partial charge in [0.15, 0.2) is 0 Å². The molecule has 0 aliphatic carbocycles. The van der Waals surface area contributed by atoms with Crippen molar-refractivity contribution in [1.29, 1.82) is 0 Å². The first-order chi connectivity index (χ1) is 11.1. The fourth-order valence-electron chi connectivity index (χ4n) is 3.05. The van der Waals surface area contributed by atoms with Gasteiger partial charge in [0.05, 0.1) is 12.5 Å². The van der Waals surface area contributed by atoms with E-state index in [1.54, 1.807) is 0 Å². The number of piperidine rings is 1. The van der Waals surface area contributed by atoms with Gasteiger partial charge < -0.3 is 21.3 Å². The molecule has 0 aromatic carbocycles. The van der Waals surface area contributed by atoms with Crippen molar-refractivity contribution in [2.24, 2.45) is 5.73 Å². The average molecular weight is 375 g/mol. The molecule has 1 unspecified atom stereocenters. The van der Waals surface area contributed by atoms with E-state index in [-0.39, 0.29) is 30.8 Å². The van der Waals surface area contributed by atoms with Crippen LogP contribution in [-0.4, -0.2) is 42.5 Å². The molecule has 1 aromatic rings. The molecule has 1 aliphatic heterocycles. The van der Waals surface area contributed by atoms with Gasteiger partial charge in [-0.15, -0.1) is 23.7 Å². The molecule has 8 heteroatoms. The average Bonchev–Trinajstić information content (AvgIpc) is 3.06. The molecule has 1 aromatic heterocycles. The van der Waals surface area contributed by atoms with Gasteiger partial charge in [-0.2, -0.15) is 0 Å². The Kier molecular flexibility index (Phi) is 9.10. The highest BCUT2D eigenvalue weighted by molar-refractivity contribution is 7.10. The predicted octanol–water partition coefficient (Wildman–Crippen LogP) is 2.26. The molecular weight excluding hydrogens is 348 g/mol. The second-order valence-corrected chi connectivity index (χ2v) is 6.83. The summed E-state index contributed by atoms with van der Waals surface area (Å²) in [5.74, 6) is 0.0888. The van der Waals surface area contributed by atoms with Crippen molar-refractivity contribution < 1.29 is 9.59 Å². The third-order valence-electron chi connectivity index (χ3n) is 4.12. The Bertz CT molecular complexity index is 506. The van der Waals surface area contributed by atoms with Crippen LogP contribution in [0.1, 0.15) is 43.5 Å². The summed E-state index contributed by atoms with van der Waals surface area (Å²) in [6.07, 6.45) is 3.16. The molecule has 2 heterocycles.